The standard InChI is InChI=1S/C18H32O4/c1-5-6-7-8-13-21-16(19)18(3,4)17(20)22-15-11-9-14(2)10-12-15/h14-15H,5-13H2,1-4H3. The lowest BCUT2D eigenvalue weighted by molar-refractivity contribution is -0.174. The molecule has 0 heterocycles. The summed E-state index contributed by atoms with van der Waals surface area (Å²) in [6.07, 6.45) is 8.11. The summed E-state index contributed by atoms with van der Waals surface area (Å²) in [7, 11) is 0. The van der Waals surface area contributed by atoms with Crippen LogP contribution in [0.3, 0.4) is 0 Å². The normalized spacial score (nSPS) is 22.2. The maximum Gasteiger partial charge on any atom is 0.323 e. The van der Waals surface area contributed by atoms with Crippen LogP contribution in [0, 0.1) is 11.3 Å². The van der Waals surface area contributed by atoms with Gasteiger partial charge in [-0.15, -0.1) is 0 Å². The third kappa shape index (κ3) is 5.98. The Bertz CT molecular complexity index is 354. The summed E-state index contributed by atoms with van der Waals surface area (Å²) in [5.74, 6) is -0.222. The predicted octanol–water partition coefficient (Wildman–Crippen LogP) is 4.26. The van der Waals surface area contributed by atoms with Crippen LogP contribution in [0.25, 0.3) is 0 Å². The summed E-state index contributed by atoms with van der Waals surface area (Å²) in [5, 5.41) is 0. The molecule has 0 aliphatic heterocycles. The average molecular weight is 312 g/mol. The molecule has 4 nitrogen and oxygen atoms in total. The lowest BCUT2D eigenvalue weighted by Crippen LogP contribution is -2.39. The van der Waals surface area contributed by atoms with E-state index in [9.17, 15) is 9.59 Å². The SMILES string of the molecule is CCCCCCOC(=O)C(C)(C)C(=O)OC1CCC(C)CC1. The molecule has 1 aliphatic rings. The molecule has 1 fully saturated rings. The molecule has 1 rings (SSSR count). The number of hydrogen-bond donors (Lipinski definition) is 0. The summed E-state index contributed by atoms with van der Waals surface area (Å²) in [6.45, 7) is 7.93. The molecule has 22 heavy (non-hydrogen) atoms. The van der Waals surface area contributed by atoms with Crippen LogP contribution in [0.15, 0.2) is 0 Å². The maximum absolute atomic E-state index is 12.3. The lowest BCUT2D eigenvalue weighted by atomic mass is 9.88. The van der Waals surface area contributed by atoms with Crippen LogP contribution >= 0.6 is 0 Å². The van der Waals surface area contributed by atoms with E-state index in [1.54, 1.807) is 13.8 Å². The van der Waals surface area contributed by atoms with E-state index in [1.165, 1.54) is 0 Å². The third-order valence-electron chi connectivity index (χ3n) is 4.49. The maximum atomic E-state index is 12.3. The summed E-state index contributed by atoms with van der Waals surface area (Å²) in [5.41, 5.74) is -1.21. The van der Waals surface area contributed by atoms with Crippen LogP contribution in [0.2, 0.25) is 0 Å². The molecule has 0 bridgehead atoms. The zero-order valence-corrected chi connectivity index (χ0v) is 14.7. The number of esters is 2. The molecule has 0 unspecified atom stereocenters. The smallest absolute Gasteiger partial charge is 0.323 e. The first-order chi connectivity index (χ1) is 10.4. The van der Waals surface area contributed by atoms with Crippen molar-refractivity contribution in [2.75, 3.05) is 6.61 Å². The number of carbonyl (C=O) groups is 2. The van der Waals surface area contributed by atoms with Crippen LogP contribution in [-0.2, 0) is 19.1 Å². The molecule has 1 saturated carbocycles. The number of rotatable bonds is 8. The second-order valence-corrected chi connectivity index (χ2v) is 7.11. The average Bonchev–Trinajstić information content (AvgIpc) is 2.49. The van der Waals surface area contributed by atoms with Gasteiger partial charge >= 0.3 is 11.9 Å². The summed E-state index contributed by atoms with van der Waals surface area (Å²) in [4.78, 5) is 24.4. The minimum absolute atomic E-state index is 0.0414. The van der Waals surface area contributed by atoms with Crippen molar-refractivity contribution in [2.24, 2.45) is 11.3 Å². The van der Waals surface area contributed by atoms with Gasteiger partial charge < -0.3 is 9.47 Å². The van der Waals surface area contributed by atoms with Crippen LogP contribution in [-0.4, -0.2) is 24.6 Å². The topological polar surface area (TPSA) is 52.6 Å². The van der Waals surface area contributed by atoms with Gasteiger partial charge in [0.05, 0.1) is 6.61 Å². The Kier molecular flexibility index (Phi) is 7.91. The van der Waals surface area contributed by atoms with E-state index in [0.717, 1.165) is 51.4 Å². The summed E-state index contributed by atoms with van der Waals surface area (Å²) < 4.78 is 10.8. The first-order valence-electron chi connectivity index (χ1n) is 8.76. The Morgan fingerprint density at radius 2 is 1.64 bits per heavy atom. The van der Waals surface area contributed by atoms with Crippen molar-refractivity contribution in [3.05, 3.63) is 0 Å². The van der Waals surface area contributed by atoms with Crippen molar-refractivity contribution >= 4 is 11.9 Å². The Balaban J connectivity index is 2.36. The molecule has 0 N–H and O–H groups in total. The third-order valence-corrected chi connectivity index (χ3v) is 4.49. The highest BCUT2D eigenvalue weighted by Crippen LogP contribution is 2.28. The van der Waals surface area contributed by atoms with Gasteiger partial charge in [-0.2, -0.15) is 0 Å². The molecule has 0 aromatic carbocycles. The lowest BCUT2D eigenvalue weighted by Gasteiger charge is -2.29. The van der Waals surface area contributed by atoms with Crippen LogP contribution < -0.4 is 0 Å². The molecule has 0 aromatic heterocycles. The molecule has 0 amide bonds. The van der Waals surface area contributed by atoms with Gasteiger partial charge in [0, 0.05) is 0 Å². The second kappa shape index (κ2) is 9.16. The van der Waals surface area contributed by atoms with Crippen molar-refractivity contribution < 1.29 is 19.1 Å². The number of carbonyl (C=O) groups excluding carboxylic acids is 2. The molecule has 128 valence electrons. The van der Waals surface area contributed by atoms with E-state index < -0.39 is 17.4 Å². The van der Waals surface area contributed by atoms with E-state index in [1.807, 2.05) is 0 Å². The van der Waals surface area contributed by atoms with Gasteiger partial charge in [0.2, 0.25) is 0 Å². The van der Waals surface area contributed by atoms with Gasteiger partial charge in [-0.25, -0.2) is 0 Å². The van der Waals surface area contributed by atoms with Crippen LogP contribution in [0.4, 0.5) is 0 Å². The molecule has 0 spiro atoms. The van der Waals surface area contributed by atoms with Gasteiger partial charge in [0.1, 0.15) is 6.10 Å². The van der Waals surface area contributed by atoms with E-state index in [4.69, 9.17) is 9.47 Å². The van der Waals surface area contributed by atoms with Crippen LogP contribution in [0.5, 0.6) is 0 Å². The molecule has 1 aliphatic carbocycles. The molecule has 0 atom stereocenters. The minimum atomic E-state index is -1.21. The Morgan fingerprint density at radius 1 is 1.00 bits per heavy atom. The van der Waals surface area contributed by atoms with Gasteiger partial charge in [-0.1, -0.05) is 33.1 Å². The van der Waals surface area contributed by atoms with Gasteiger partial charge in [0.15, 0.2) is 5.41 Å². The predicted molar refractivity (Wildman–Crippen MR) is 86.4 cm³/mol. The van der Waals surface area contributed by atoms with Crippen molar-refractivity contribution in [1.29, 1.82) is 0 Å². The van der Waals surface area contributed by atoms with E-state index in [2.05, 4.69) is 13.8 Å². The summed E-state index contributed by atoms with van der Waals surface area (Å²) >= 11 is 0. The monoisotopic (exact) mass is 312 g/mol. The Morgan fingerprint density at radius 3 is 2.23 bits per heavy atom. The van der Waals surface area contributed by atoms with Gasteiger partial charge in [0.25, 0.3) is 0 Å². The molecule has 0 radical (unpaired) electrons. The van der Waals surface area contributed by atoms with Crippen molar-refractivity contribution in [3.63, 3.8) is 0 Å². The largest absolute Gasteiger partial charge is 0.465 e. The molecular weight excluding hydrogens is 280 g/mol. The highest BCUT2D eigenvalue weighted by Gasteiger charge is 2.40. The van der Waals surface area contributed by atoms with Crippen molar-refractivity contribution in [1.82, 2.24) is 0 Å². The first-order valence-corrected chi connectivity index (χ1v) is 8.76. The van der Waals surface area contributed by atoms with Crippen molar-refractivity contribution in [3.8, 4) is 0 Å². The number of unbranched alkanes of at least 4 members (excludes halogenated alkanes) is 3. The Labute approximate surface area is 134 Å². The first kappa shape index (κ1) is 19.0. The second-order valence-electron chi connectivity index (χ2n) is 7.11. The van der Waals surface area contributed by atoms with E-state index in [0.29, 0.717) is 12.5 Å². The molecule has 0 aromatic rings. The molecule has 0 saturated heterocycles. The minimum Gasteiger partial charge on any atom is -0.465 e. The highest BCUT2D eigenvalue weighted by atomic mass is 16.6. The van der Waals surface area contributed by atoms with E-state index in [-0.39, 0.29) is 6.10 Å². The van der Waals surface area contributed by atoms with Gasteiger partial charge in [-0.3, -0.25) is 9.59 Å². The highest BCUT2D eigenvalue weighted by molar-refractivity contribution is 5.99. The fourth-order valence-corrected chi connectivity index (χ4v) is 2.60. The van der Waals surface area contributed by atoms with Crippen molar-refractivity contribution in [2.45, 2.75) is 85.2 Å². The van der Waals surface area contributed by atoms with E-state index >= 15 is 0 Å². The Hall–Kier alpha value is -1.06. The fourth-order valence-electron chi connectivity index (χ4n) is 2.60. The zero-order valence-electron chi connectivity index (χ0n) is 14.7. The van der Waals surface area contributed by atoms with Gasteiger partial charge in [-0.05, 0) is 51.9 Å². The quantitative estimate of drug-likeness (QED) is 0.382. The van der Waals surface area contributed by atoms with Crippen LogP contribution in [0.1, 0.15) is 79.1 Å². The zero-order chi connectivity index (χ0) is 16.6. The molecule has 4 heteroatoms. The fraction of sp³-hybridized carbons (Fsp3) is 0.889. The summed E-state index contributed by atoms with van der Waals surface area (Å²) in [6, 6.07) is 0. The number of ether oxygens (including phenoxy) is 2. The number of hydrogen-bond acceptors (Lipinski definition) is 4. The molecular formula is C18H32O4.